The Morgan fingerprint density at radius 3 is 1.76 bits per heavy atom. The molecule has 0 aromatic heterocycles. The molecule has 2 nitrogen and oxygen atoms in total. The molecule has 0 bridgehead atoms. The van der Waals surface area contributed by atoms with Crippen LogP contribution in [0.2, 0.25) is 0 Å². The first-order valence-corrected chi connectivity index (χ1v) is 4.60. The van der Waals surface area contributed by atoms with Gasteiger partial charge in [0.05, 0.1) is 6.61 Å². The average Bonchev–Trinajstić information content (AvgIpc) is 2.31. The van der Waals surface area contributed by atoms with Gasteiger partial charge in [-0.25, -0.2) is 26.7 Å². The zero-order chi connectivity index (χ0) is 13.2. The van der Waals surface area contributed by atoms with E-state index in [-0.39, 0.29) is 6.61 Å². The highest BCUT2D eigenvalue weighted by Gasteiger charge is 2.30. The molecule has 7 heteroatoms. The van der Waals surface area contributed by atoms with Gasteiger partial charge < -0.3 is 4.74 Å². The number of carbonyl (C=O) groups is 1. The predicted octanol–water partition coefficient (Wildman–Crippen LogP) is 2.95. The molecule has 1 aromatic carbocycles. The molecule has 0 aliphatic rings. The number of carbonyl (C=O) groups excluding carboxylic acids is 1. The summed E-state index contributed by atoms with van der Waals surface area (Å²) in [6.07, 6.45) is 0.348. The van der Waals surface area contributed by atoms with Gasteiger partial charge in [-0.2, -0.15) is 0 Å². The summed E-state index contributed by atoms with van der Waals surface area (Å²) in [6.45, 7) is 1.42. The molecule has 1 aromatic rings. The van der Waals surface area contributed by atoms with Gasteiger partial charge in [-0.15, -0.1) is 0 Å². The summed E-state index contributed by atoms with van der Waals surface area (Å²) in [7, 11) is 0. The van der Waals surface area contributed by atoms with Crippen LogP contribution in [0.5, 0.6) is 0 Å². The molecule has 17 heavy (non-hydrogen) atoms. The molecule has 0 amide bonds. The van der Waals surface area contributed by atoms with Crippen LogP contribution in [-0.4, -0.2) is 12.6 Å². The molecule has 0 atom stereocenters. The lowest BCUT2D eigenvalue weighted by atomic mass is 10.1. The summed E-state index contributed by atoms with van der Waals surface area (Å²) in [4.78, 5) is 11.1. The topological polar surface area (TPSA) is 26.3 Å². The molecule has 0 saturated heterocycles. The Hall–Kier alpha value is -1.66. The van der Waals surface area contributed by atoms with Crippen LogP contribution in [0.15, 0.2) is 0 Å². The lowest BCUT2D eigenvalue weighted by Crippen LogP contribution is -2.15. The molecular weight excluding hydrogens is 247 g/mol. The van der Waals surface area contributed by atoms with Crippen LogP contribution in [0.3, 0.4) is 0 Å². The minimum Gasteiger partial charge on any atom is -0.462 e. The molecule has 94 valence electrons. The van der Waals surface area contributed by atoms with E-state index in [0.29, 0.717) is 6.42 Å². The second-order valence-corrected chi connectivity index (χ2v) is 3.08. The molecule has 0 aliphatic carbocycles. The number of hydrogen-bond donors (Lipinski definition) is 0. The van der Waals surface area contributed by atoms with Gasteiger partial charge in [0.2, 0.25) is 5.82 Å². The van der Waals surface area contributed by atoms with Crippen molar-refractivity contribution in [1.82, 2.24) is 0 Å². The minimum absolute atomic E-state index is 0.182. The third kappa shape index (κ3) is 2.37. The van der Waals surface area contributed by atoms with Gasteiger partial charge >= 0.3 is 5.97 Å². The third-order valence-electron chi connectivity index (χ3n) is 1.85. The van der Waals surface area contributed by atoms with Crippen LogP contribution < -0.4 is 0 Å². The van der Waals surface area contributed by atoms with Gasteiger partial charge in [-0.05, 0) is 6.42 Å². The maximum atomic E-state index is 13.1. The van der Waals surface area contributed by atoms with Crippen LogP contribution >= 0.6 is 0 Å². The number of benzene rings is 1. The van der Waals surface area contributed by atoms with Crippen molar-refractivity contribution in [3.63, 3.8) is 0 Å². The highest BCUT2D eigenvalue weighted by atomic mass is 19.2. The second kappa shape index (κ2) is 5.11. The van der Waals surface area contributed by atoms with Crippen molar-refractivity contribution in [1.29, 1.82) is 0 Å². The Kier molecular flexibility index (Phi) is 4.03. The van der Waals surface area contributed by atoms with Crippen LogP contribution in [0.25, 0.3) is 0 Å². The standard InChI is InChI=1S/C10H7F5O2/c1-2-3-17-10(16)4-5(11)7(13)9(15)8(14)6(4)12/h2-3H2,1H3. The third-order valence-corrected chi connectivity index (χ3v) is 1.85. The van der Waals surface area contributed by atoms with Gasteiger partial charge in [-0.1, -0.05) is 6.92 Å². The molecule has 0 N–H and O–H groups in total. The highest BCUT2D eigenvalue weighted by Crippen LogP contribution is 2.23. The Morgan fingerprint density at radius 2 is 1.35 bits per heavy atom. The normalized spacial score (nSPS) is 10.5. The molecule has 0 heterocycles. The fourth-order valence-corrected chi connectivity index (χ4v) is 1.05. The fourth-order valence-electron chi connectivity index (χ4n) is 1.05. The predicted molar refractivity (Wildman–Crippen MR) is 46.8 cm³/mol. The second-order valence-electron chi connectivity index (χ2n) is 3.08. The van der Waals surface area contributed by atoms with Crippen molar-refractivity contribution in [2.45, 2.75) is 13.3 Å². The zero-order valence-electron chi connectivity index (χ0n) is 8.62. The smallest absolute Gasteiger partial charge is 0.344 e. The van der Waals surface area contributed by atoms with Gasteiger partial charge in [0, 0.05) is 0 Å². The Labute approximate surface area is 93.0 Å². The largest absolute Gasteiger partial charge is 0.462 e. The van der Waals surface area contributed by atoms with E-state index in [1.165, 1.54) is 0 Å². The molecule has 0 aliphatic heterocycles. The molecule has 0 unspecified atom stereocenters. The first kappa shape index (κ1) is 13.4. The van der Waals surface area contributed by atoms with E-state index < -0.39 is 40.6 Å². The van der Waals surface area contributed by atoms with E-state index >= 15 is 0 Å². The summed E-state index contributed by atoms with van der Waals surface area (Å²) >= 11 is 0. The fraction of sp³-hybridized carbons (Fsp3) is 0.300. The van der Waals surface area contributed by atoms with Gasteiger partial charge in [0.15, 0.2) is 23.3 Å². The van der Waals surface area contributed by atoms with Gasteiger partial charge in [-0.3, -0.25) is 0 Å². The SMILES string of the molecule is CCCOC(=O)c1c(F)c(F)c(F)c(F)c1F. The average molecular weight is 254 g/mol. The van der Waals surface area contributed by atoms with E-state index in [9.17, 15) is 26.7 Å². The molecule has 0 fully saturated rings. The highest BCUT2D eigenvalue weighted by molar-refractivity contribution is 5.90. The quantitative estimate of drug-likeness (QED) is 0.359. The van der Waals surface area contributed by atoms with Gasteiger partial charge in [0.1, 0.15) is 5.56 Å². The Morgan fingerprint density at radius 1 is 0.941 bits per heavy atom. The summed E-state index contributed by atoms with van der Waals surface area (Å²) in [5.41, 5.74) is -1.57. The van der Waals surface area contributed by atoms with E-state index in [1.54, 1.807) is 6.92 Å². The van der Waals surface area contributed by atoms with Crippen molar-refractivity contribution in [2.24, 2.45) is 0 Å². The van der Waals surface area contributed by atoms with E-state index in [4.69, 9.17) is 0 Å². The first-order valence-electron chi connectivity index (χ1n) is 4.60. The van der Waals surface area contributed by atoms with Crippen molar-refractivity contribution in [2.75, 3.05) is 6.61 Å². The maximum absolute atomic E-state index is 13.1. The van der Waals surface area contributed by atoms with Crippen molar-refractivity contribution in [3.8, 4) is 0 Å². The number of esters is 1. The van der Waals surface area contributed by atoms with Crippen LogP contribution in [0, 0.1) is 29.1 Å². The van der Waals surface area contributed by atoms with Crippen LogP contribution in [-0.2, 0) is 4.74 Å². The van der Waals surface area contributed by atoms with Crippen molar-refractivity contribution >= 4 is 5.97 Å². The number of ether oxygens (including phenoxy) is 1. The van der Waals surface area contributed by atoms with Crippen LogP contribution in [0.1, 0.15) is 23.7 Å². The lowest BCUT2D eigenvalue weighted by molar-refractivity contribution is 0.0490. The Balaban J connectivity index is 3.29. The van der Waals surface area contributed by atoms with E-state index in [0.717, 1.165) is 0 Å². The summed E-state index contributed by atoms with van der Waals surface area (Å²) in [6, 6.07) is 0. The molecular formula is C10H7F5O2. The van der Waals surface area contributed by atoms with Crippen molar-refractivity contribution < 1.29 is 31.5 Å². The van der Waals surface area contributed by atoms with Gasteiger partial charge in [0.25, 0.3) is 0 Å². The van der Waals surface area contributed by atoms with Crippen LogP contribution in [0.4, 0.5) is 22.0 Å². The maximum Gasteiger partial charge on any atom is 0.344 e. The molecule has 1 rings (SSSR count). The monoisotopic (exact) mass is 254 g/mol. The Bertz CT molecular complexity index is 429. The van der Waals surface area contributed by atoms with E-state index in [2.05, 4.69) is 4.74 Å². The lowest BCUT2D eigenvalue weighted by Gasteiger charge is -2.07. The summed E-state index contributed by atoms with van der Waals surface area (Å²) < 4.78 is 68.5. The number of halogens is 5. The molecule has 0 radical (unpaired) electrons. The number of rotatable bonds is 3. The van der Waals surface area contributed by atoms with E-state index in [1.807, 2.05) is 0 Å². The molecule has 0 spiro atoms. The molecule has 0 saturated carbocycles. The first-order chi connectivity index (χ1) is 7.91. The minimum atomic E-state index is -2.31. The zero-order valence-corrected chi connectivity index (χ0v) is 8.62. The summed E-state index contributed by atoms with van der Waals surface area (Å²) in [5, 5.41) is 0. The van der Waals surface area contributed by atoms with Crippen molar-refractivity contribution in [3.05, 3.63) is 34.6 Å². The number of hydrogen-bond acceptors (Lipinski definition) is 2. The summed E-state index contributed by atoms with van der Waals surface area (Å²) in [5.74, 6) is -12.6.